The molecule has 0 aromatic heterocycles. The van der Waals surface area contributed by atoms with Gasteiger partial charge in [0.1, 0.15) is 0 Å². The third-order valence-electron chi connectivity index (χ3n) is 5.22. The third-order valence-corrected chi connectivity index (χ3v) is 5.22. The molecule has 3 aliphatic carbocycles. The van der Waals surface area contributed by atoms with Gasteiger partial charge in [0.2, 0.25) is 0 Å². The van der Waals surface area contributed by atoms with Gasteiger partial charge in [0.25, 0.3) is 0 Å². The highest BCUT2D eigenvalue weighted by Crippen LogP contribution is 2.60. The van der Waals surface area contributed by atoms with Gasteiger partial charge >= 0.3 is 0 Å². The molecule has 0 aromatic rings. The molecular weight excluding hydrogens is 194 g/mol. The Kier molecular flexibility index (Phi) is 3.24. The van der Waals surface area contributed by atoms with E-state index in [1.54, 1.807) is 0 Å². The normalized spacial score (nSPS) is 30.0. The second-order valence-corrected chi connectivity index (χ2v) is 6.63. The molecule has 92 valence electrons. The Bertz CT molecular complexity index is 220. The van der Waals surface area contributed by atoms with Crippen molar-refractivity contribution >= 4 is 0 Å². The third kappa shape index (κ3) is 2.61. The summed E-state index contributed by atoms with van der Waals surface area (Å²) in [6.07, 6.45) is 15.0. The van der Waals surface area contributed by atoms with Crippen LogP contribution in [0.25, 0.3) is 0 Å². The van der Waals surface area contributed by atoms with Gasteiger partial charge in [-0.3, -0.25) is 0 Å². The van der Waals surface area contributed by atoms with Gasteiger partial charge in [0.15, 0.2) is 0 Å². The monoisotopic (exact) mass is 221 g/mol. The maximum Gasteiger partial charge on any atom is 0.00106 e. The summed E-state index contributed by atoms with van der Waals surface area (Å²) in [5.41, 5.74) is 0.796. The van der Waals surface area contributed by atoms with Gasteiger partial charge in [0.05, 0.1) is 0 Å². The molecule has 3 saturated carbocycles. The van der Waals surface area contributed by atoms with Crippen LogP contribution < -0.4 is 5.32 Å². The van der Waals surface area contributed by atoms with Gasteiger partial charge < -0.3 is 5.32 Å². The highest BCUT2D eigenvalue weighted by Gasteiger charge is 2.53. The summed E-state index contributed by atoms with van der Waals surface area (Å²) >= 11 is 0. The number of hydrogen-bond acceptors (Lipinski definition) is 1. The molecule has 0 aliphatic heterocycles. The van der Waals surface area contributed by atoms with Crippen LogP contribution in [0.5, 0.6) is 0 Å². The van der Waals surface area contributed by atoms with Crippen LogP contribution in [0.15, 0.2) is 0 Å². The van der Waals surface area contributed by atoms with E-state index in [9.17, 15) is 0 Å². The molecule has 1 heteroatoms. The van der Waals surface area contributed by atoms with E-state index in [-0.39, 0.29) is 0 Å². The first-order valence-electron chi connectivity index (χ1n) is 7.60. The first kappa shape index (κ1) is 11.1. The molecule has 0 bridgehead atoms. The number of rotatable bonds is 5. The van der Waals surface area contributed by atoms with Crippen LogP contribution in [0.1, 0.15) is 64.2 Å². The zero-order valence-electron chi connectivity index (χ0n) is 10.6. The van der Waals surface area contributed by atoms with Gasteiger partial charge in [0, 0.05) is 6.54 Å². The van der Waals surface area contributed by atoms with Gasteiger partial charge in [-0.15, -0.1) is 0 Å². The highest BCUT2D eigenvalue weighted by molar-refractivity contribution is 5.05. The molecule has 0 unspecified atom stereocenters. The van der Waals surface area contributed by atoms with Crippen LogP contribution in [0.2, 0.25) is 0 Å². The maximum atomic E-state index is 3.81. The fourth-order valence-corrected chi connectivity index (χ4v) is 3.68. The van der Waals surface area contributed by atoms with Crippen LogP contribution in [-0.2, 0) is 0 Å². The molecule has 0 saturated heterocycles. The smallest absolute Gasteiger partial charge is 0.00106 e. The van der Waals surface area contributed by atoms with E-state index in [1.807, 2.05) is 0 Å². The standard InChI is InChI=1S/C15H27N/c1-2-4-6-13(5-3-1)11-16-12-15(9-10-15)14-7-8-14/h13-14,16H,1-12H2. The lowest BCUT2D eigenvalue weighted by Crippen LogP contribution is -2.30. The first-order chi connectivity index (χ1) is 7.89. The predicted molar refractivity (Wildman–Crippen MR) is 68.5 cm³/mol. The Balaban J connectivity index is 1.36. The Labute approximate surface area is 100 Å². The molecule has 0 spiro atoms. The lowest BCUT2D eigenvalue weighted by molar-refractivity contribution is 0.361. The van der Waals surface area contributed by atoms with Gasteiger partial charge in [-0.1, -0.05) is 25.7 Å². The molecule has 3 rings (SSSR count). The Morgan fingerprint density at radius 3 is 2.12 bits per heavy atom. The Hall–Kier alpha value is -0.0400. The Morgan fingerprint density at radius 1 is 0.875 bits per heavy atom. The minimum Gasteiger partial charge on any atom is -0.316 e. The van der Waals surface area contributed by atoms with Crippen molar-refractivity contribution < 1.29 is 0 Å². The summed E-state index contributed by atoms with van der Waals surface area (Å²) in [5.74, 6) is 2.12. The largest absolute Gasteiger partial charge is 0.316 e. The van der Waals surface area contributed by atoms with Crippen molar-refractivity contribution in [1.82, 2.24) is 5.32 Å². The lowest BCUT2D eigenvalue weighted by Gasteiger charge is -2.19. The lowest BCUT2D eigenvalue weighted by atomic mass is 9.98. The van der Waals surface area contributed by atoms with E-state index in [4.69, 9.17) is 0 Å². The molecule has 0 radical (unpaired) electrons. The second kappa shape index (κ2) is 4.68. The Morgan fingerprint density at radius 2 is 1.56 bits per heavy atom. The summed E-state index contributed by atoms with van der Waals surface area (Å²) in [4.78, 5) is 0. The van der Waals surface area contributed by atoms with Gasteiger partial charge in [-0.2, -0.15) is 0 Å². The zero-order valence-corrected chi connectivity index (χ0v) is 10.6. The van der Waals surface area contributed by atoms with E-state index in [1.165, 1.54) is 77.3 Å². The molecule has 3 aliphatic rings. The van der Waals surface area contributed by atoms with Crippen molar-refractivity contribution in [1.29, 1.82) is 0 Å². The van der Waals surface area contributed by atoms with E-state index in [0.717, 1.165) is 17.3 Å². The van der Waals surface area contributed by atoms with Crippen LogP contribution in [0.4, 0.5) is 0 Å². The van der Waals surface area contributed by atoms with Gasteiger partial charge in [-0.05, 0) is 62.3 Å². The minimum absolute atomic E-state index is 0.796. The highest BCUT2D eigenvalue weighted by atomic mass is 14.9. The average molecular weight is 221 g/mol. The van der Waals surface area contributed by atoms with Crippen molar-refractivity contribution in [3.63, 3.8) is 0 Å². The first-order valence-corrected chi connectivity index (χ1v) is 7.60. The fraction of sp³-hybridized carbons (Fsp3) is 1.00. The van der Waals surface area contributed by atoms with Crippen molar-refractivity contribution in [2.45, 2.75) is 64.2 Å². The fourth-order valence-electron chi connectivity index (χ4n) is 3.68. The van der Waals surface area contributed by atoms with E-state index < -0.39 is 0 Å². The van der Waals surface area contributed by atoms with Crippen LogP contribution >= 0.6 is 0 Å². The quantitative estimate of drug-likeness (QED) is 0.697. The summed E-state index contributed by atoms with van der Waals surface area (Å²) in [5, 5.41) is 3.81. The van der Waals surface area contributed by atoms with Crippen molar-refractivity contribution in [2.24, 2.45) is 17.3 Å². The van der Waals surface area contributed by atoms with Crippen LogP contribution in [0.3, 0.4) is 0 Å². The average Bonchev–Trinajstić information content (AvgIpc) is 3.16. The number of hydrogen-bond donors (Lipinski definition) is 1. The predicted octanol–water partition coefficient (Wildman–Crippen LogP) is 3.74. The molecule has 1 N–H and O–H groups in total. The molecular formula is C15H27N. The SMILES string of the molecule is C1CCCC(CNCC2(C3CC3)CC2)CC1. The summed E-state index contributed by atoms with van der Waals surface area (Å²) in [6.45, 7) is 2.66. The van der Waals surface area contributed by atoms with E-state index >= 15 is 0 Å². The van der Waals surface area contributed by atoms with Crippen molar-refractivity contribution in [3.8, 4) is 0 Å². The molecule has 3 fully saturated rings. The molecule has 0 heterocycles. The van der Waals surface area contributed by atoms with Crippen LogP contribution in [0, 0.1) is 17.3 Å². The summed E-state index contributed by atoms with van der Waals surface area (Å²) in [6, 6.07) is 0. The summed E-state index contributed by atoms with van der Waals surface area (Å²) in [7, 11) is 0. The molecule has 16 heavy (non-hydrogen) atoms. The molecule has 1 nitrogen and oxygen atoms in total. The maximum absolute atomic E-state index is 3.81. The summed E-state index contributed by atoms with van der Waals surface area (Å²) < 4.78 is 0. The van der Waals surface area contributed by atoms with E-state index in [0.29, 0.717) is 0 Å². The molecule has 0 atom stereocenters. The van der Waals surface area contributed by atoms with Crippen molar-refractivity contribution in [2.75, 3.05) is 13.1 Å². The topological polar surface area (TPSA) is 12.0 Å². The second-order valence-electron chi connectivity index (χ2n) is 6.63. The van der Waals surface area contributed by atoms with Crippen molar-refractivity contribution in [3.05, 3.63) is 0 Å². The molecule has 0 amide bonds. The number of nitrogens with one attached hydrogen (secondary N) is 1. The van der Waals surface area contributed by atoms with E-state index in [2.05, 4.69) is 5.32 Å². The minimum atomic E-state index is 0.796. The van der Waals surface area contributed by atoms with Crippen LogP contribution in [-0.4, -0.2) is 13.1 Å². The van der Waals surface area contributed by atoms with Gasteiger partial charge in [-0.25, -0.2) is 0 Å². The zero-order chi connectivity index (χ0) is 10.8. The molecule has 0 aromatic carbocycles.